The summed E-state index contributed by atoms with van der Waals surface area (Å²) in [5, 5.41) is 3.24. The molecule has 1 aromatic rings. The van der Waals surface area contributed by atoms with E-state index >= 15 is 0 Å². The topological polar surface area (TPSA) is 55.1 Å². The average Bonchev–Trinajstić information content (AvgIpc) is 2.50. The molecule has 0 aliphatic carbocycles. The maximum Gasteiger partial charge on any atom is 0.227 e. The molecule has 1 unspecified atom stereocenters. The zero-order valence-electron chi connectivity index (χ0n) is 12.3. The van der Waals surface area contributed by atoms with E-state index in [4.69, 9.17) is 5.73 Å². The van der Waals surface area contributed by atoms with Crippen molar-refractivity contribution in [1.29, 1.82) is 0 Å². The number of nitrogens with two attached hydrogens (primary N) is 1. The summed E-state index contributed by atoms with van der Waals surface area (Å²) >= 11 is 1.87. The van der Waals surface area contributed by atoms with Gasteiger partial charge in [0.1, 0.15) is 0 Å². The molecular weight excluding hydrogens is 268 g/mol. The first-order valence-electron chi connectivity index (χ1n) is 7.39. The van der Waals surface area contributed by atoms with Crippen molar-refractivity contribution in [2.24, 2.45) is 11.1 Å². The second kappa shape index (κ2) is 6.64. The van der Waals surface area contributed by atoms with Crippen molar-refractivity contribution in [3.63, 3.8) is 0 Å². The van der Waals surface area contributed by atoms with Gasteiger partial charge >= 0.3 is 0 Å². The number of benzene rings is 1. The van der Waals surface area contributed by atoms with E-state index in [-0.39, 0.29) is 11.9 Å². The second-order valence-corrected chi connectivity index (χ2v) is 6.53. The van der Waals surface area contributed by atoms with Gasteiger partial charge < -0.3 is 11.1 Å². The highest BCUT2D eigenvalue weighted by atomic mass is 32.2. The van der Waals surface area contributed by atoms with Gasteiger partial charge in [0.25, 0.3) is 0 Å². The second-order valence-electron chi connectivity index (χ2n) is 5.39. The number of fused-ring (bicyclic) bond motifs is 1. The predicted octanol–water partition coefficient (Wildman–Crippen LogP) is 3.10. The van der Waals surface area contributed by atoms with Crippen LogP contribution in [0.5, 0.6) is 0 Å². The van der Waals surface area contributed by atoms with Crippen molar-refractivity contribution in [3.8, 4) is 0 Å². The summed E-state index contributed by atoms with van der Waals surface area (Å²) in [6.45, 7) is 4.50. The fraction of sp³-hybridized carbons (Fsp3) is 0.562. The van der Waals surface area contributed by atoms with E-state index in [1.807, 2.05) is 31.7 Å². The molecule has 110 valence electrons. The van der Waals surface area contributed by atoms with Gasteiger partial charge in [-0.3, -0.25) is 4.79 Å². The van der Waals surface area contributed by atoms with E-state index in [0.29, 0.717) is 6.54 Å². The van der Waals surface area contributed by atoms with Crippen LogP contribution in [0.1, 0.15) is 44.7 Å². The minimum Gasteiger partial charge on any atom is -0.349 e. The molecule has 1 aliphatic rings. The fourth-order valence-electron chi connectivity index (χ4n) is 2.76. The SMILES string of the molecule is CCC(CC)(CN)C(=O)NC1CCSc2ccccc21. The maximum atomic E-state index is 12.6. The van der Waals surface area contributed by atoms with E-state index in [2.05, 4.69) is 23.5 Å². The van der Waals surface area contributed by atoms with Crippen LogP contribution >= 0.6 is 11.8 Å². The molecule has 1 amide bonds. The molecule has 4 heteroatoms. The number of rotatable bonds is 5. The summed E-state index contributed by atoms with van der Waals surface area (Å²) in [4.78, 5) is 13.9. The Kier molecular flexibility index (Phi) is 5.11. The molecule has 3 nitrogen and oxygen atoms in total. The predicted molar refractivity (Wildman–Crippen MR) is 84.7 cm³/mol. The van der Waals surface area contributed by atoms with Crippen LogP contribution in [0.2, 0.25) is 0 Å². The first-order valence-corrected chi connectivity index (χ1v) is 8.38. The van der Waals surface area contributed by atoms with Crippen LogP contribution in [0, 0.1) is 5.41 Å². The highest BCUT2D eigenvalue weighted by Gasteiger charge is 2.35. The monoisotopic (exact) mass is 292 g/mol. The standard InChI is InChI=1S/C16H24N2OS/c1-3-16(4-2,11-17)15(19)18-13-9-10-20-14-8-6-5-7-12(13)14/h5-8,13H,3-4,9-11,17H2,1-2H3,(H,18,19). The number of nitrogens with one attached hydrogen (secondary N) is 1. The lowest BCUT2D eigenvalue weighted by molar-refractivity contribution is -0.131. The van der Waals surface area contributed by atoms with Crippen molar-refractivity contribution in [2.45, 2.75) is 44.0 Å². The number of thioether (sulfide) groups is 1. The molecule has 1 aromatic carbocycles. The Balaban J connectivity index is 2.17. The molecule has 0 fully saturated rings. The van der Waals surface area contributed by atoms with Crippen molar-refractivity contribution in [1.82, 2.24) is 5.32 Å². The number of carbonyl (C=O) groups excluding carboxylic acids is 1. The smallest absolute Gasteiger partial charge is 0.227 e. The van der Waals surface area contributed by atoms with Crippen LogP contribution in [0.4, 0.5) is 0 Å². The molecule has 0 radical (unpaired) electrons. The molecule has 20 heavy (non-hydrogen) atoms. The molecule has 1 heterocycles. The lowest BCUT2D eigenvalue weighted by atomic mass is 9.81. The van der Waals surface area contributed by atoms with Crippen molar-refractivity contribution >= 4 is 17.7 Å². The van der Waals surface area contributed by atoms with Gasteiger partial charge in [0, 0.05) is 17.2 Å². The lowest BCUT2D eigenvalue weighted by Crippen LogP contribution is -2.46. The molecule has 2 rings (SSSR count). The number of hydrogen-bond acceptors (Lipinski definition) is 3. The minimum absolute atomic E-state index is 0.108. The van der Waals surface area contributed by atoms with Crippen LogP contribution in [0.25, 0.3) is 0 Å². The number of carbonyl (C=O) groups is 1. The Bertz CT molecular complexity index is 463. The summed E-state index contributed by atoms with van der Waals surface area (Å²) in [7, 11) is 0. The Morgan fingerprint density at radius 2 is 2.10 bits per heavy atom. The zero-order valence-corrected chi connectivity index (χ0v) is 13.1. The van der Waals surface area contributed by atoms with Crippen LogP contribution in [-0.4, -0.2) is 18.2 Å². The average molecular weight is 292 g/mol. The van der Waals surface area contributed by atoms with Gasteiger partial charge in [-0.05, 0) is 30.9 Å². The molecule has 3 N–H and O–H groups in total. The third kappa shape index (κ3) is 2.86. The first-order chi connectivity index (χ1) is 9.66. The summed E-state index contributed by atoms with van der Waals surface area (Å²) in [6.07, 6.45) is 2.56. The Morgan fingerprint density at radius 1 is 1.40 bits per heavy atom. The number of amides is 1. The van der Waals surface area contributed by atoms with Crippen LogP contribution in [0.3, 0.4) is 0 Å². The lowest BCUT2D eigenvalue weighted by Gasteiger charge is -2.33. The highest BCUT2D eigenvalue weighted by molar-refractivity contribution is 7.99. The normalized spacial score (nSPS) is 18.4. The van der Waals surface area contributed by atoms with E-state index in [1.54, 1.807) is 0 Å². The van der Waals surface area contributed by atoms with Gasteiger partial charge in [0.15, 0.2) is 0 Å². The summed E-state index contributed by atoms with van der Waals surface area (Å²) in [5.74, 6) is 1.16. The summed E-state index contributed by atoms with van der Waals surface area (Å²) in [6, 6.07) is 8.48. The molecule has 0 bridgehead atoms. The summed E-state index contributed by atoms with van der Waals surface area (Å²) in [5.41, 5.74) is 6.69. The van der Waals surface area contributed by atoms with Gasteiger partial charge in [-0.1, -0.05) is 32.0 Å². The molecule has 1 atom stereocenters. The Hall–Kier alpha value is -1.00. The van der Waals surface area contributed by atoms with Crippen molar-refractivity contribution < 1.29 is 4.79 Å². The molecule has 1 aliphatic heterocycles. The third-order valence-corrected chi connectivity index (χ3v) is 5.61. The quantitative estimate of drug-likeness (QED) is 0.877. The van der Waals surface area contributed by atoms with Gasteiger partial charge in [-0.15, -0.1) is 11.8 Å². The molecule has 0 aromatic heterocycles. The van der Waals surface area contributed by atoms with Crippen molar-refractivity contribution in [3.05, 3.63) is 29.8 Å². The van der Waals surface area contributed by atoms with Gasteiger partial charge in [-0.2, -0.15) is 0 Å². The fourth-order valence-corrected chi connectivity index (χ4v) is 3.88. The van der Waals surface area contributed by atoms with Crippen LogP contribution < -0.4 is 11.1 Å². The third-order valence-electron chi connectivity index (χ3n) is 4.49. The summed E-state index contributed by atoms with van der Waals surface area (Å²) < 4.78 is 0. The Morgan fingerprint density at radius 3 is 2.75 bits per heavy atom. The van der Waals surface area contributed by atoms with E-state index in [0.717, 1.165) is 25.0 Å². The van der Waals surface area contributed by atoms with Gasteiger partial charge in [0.05, 0.1) is 11.5 Å². The number of hydrogen-bond donors (Lipinski definition) is 2. The highest BCUT2D eigenvalue weighted by Crippen LogP contribution is 2.37. The van der Waals surface area contributed by atoms with Gasteiger partial charge in [-0.25, -0.2) is 0 Å². The molecule has 0 saturated carbocycles. The van der Waals surface area contributed by atoms with E-state index < -0.39 is 5.41 Å². The van der Waals surface area contributed by atoms with Crippen LogP contribution in [0.15, 0.2) is 29.2 Å². The zero-order chi connectivity index (χ0) is 14.6. The van der Waals surface area contributed by atoms with E-state index in [1.165, 1.54) is 10.5 Å². The first kappa shape index (κ1) is 15.4. The molecular formula is C16H24N2OS. The Labute approximate surface area is 125 Å². The minimum atomic E-state index is -0.417. The van der Waals surface area contributed by atoms with Crippen LogP contribution in [-0.2, 0) is 4.79 Å². The van der Waals surface area contributed by atoms with Crippen molar-refractivity contribution in [2.75, 3.05) is 12.3 Å². The largest absolute Gasteiger partial charge is 0.349 e. The molecule has 0 saturated heterocycles. The van der Waals surface area contributed by atoms with E-state index in [9.17, 15) is 4.79 Å². The molecule has 0 spiro atoms. The van der Waals surface area contributed by atoms with Gasteiger partial charge in [0.2, 0.25) is 5.91 Å². The maximum absolute atomic E-state index is 12.6.